The molecule has 0 fully saturated rings. The Bertz CT molecular complexity index is 396. The highest BCUT2D eigenvalue weighted by Gasteiger charge is 2.31. The van der Waals surface area contributed by atoms with Gasteiger partial charge in [-0.1, -0.05) is 42.1 Å². The number of hydrogen-bond acceptors (Lipinski definition) is 1. The second-order valence-electron chi connectivity index (χ2n) is 4.34. The van der Waals surface area contributed by atoms with Gasteiger partial charge in [0.05, 0.1) is 5.56 Å². The molecule has 0 saturated carbocycles. The highest BCUT2D eigenvalue weighted by Crippen LogP contribution is 2.34. The van der Waals surface area contributed by atoms with Crippen LogP contribution in [-0.2, 0) is 6.18 Å². The maximum absolute atomic E-state index is 12.6. The molecule has 2 N–H and O–H groups in total. The molecule has 6 heteroatoms. The van der Waals surface area contributed by atoms with E-state index >= 15 is 0 Å². The number of hydrogen-bond donors (Lipinski definition) is 1. The van der Waals surface area contributed by atoms with Crippen LogP contribution in [0.1, 0.15) is 49.8 Å². The average Bonchev–Trinajstić information content (AvgIpc) is 2.28. The summed E-state index contributed by atoms with van der Waals surface area (Å²) >= 11 is 3.26. The van der Waals surface area contributed by atoms with Crippen molar-refractivity contribution in [1.82, 2.24) is 0 Å². The Morgan fingerprint density at radius 3 is 2.42 bits per heavy atom. The van der Waals surface area contributed by atoms with Gasteiger partial charge in [-0.05, 0) is 30.2 Å². The van der Waals surface area contributed by atoms with E-state index in [0.29, 0.717) is 16.5 Å². The predicted molar refractivity (Wildman–Crippen MR) is 77.5 cm³/mol. The van der Waals surface area contributed by atoms with Crippen LogP contribution in [0.15, 0.2) is 22.7 Å². The molecule has 0 aliphatic rings. The molecule has 0 aliphatic heterocycles. The molecule has 0 saturated heterocycles. The second kappa shape index (κ2) is 8.12. The molecule has 0 aromatic heterocycles. The van der Waals surface area contributed by atoms with Gasteiger partial charge in [-0.15, -0.1) is 12.4 Å². The SMILES string of the molecule is CCCCC[C@H](N)c1cc(C(F)(F)F)ccc1Br.Cl. The summed E-state index contributed by atoms with van der Waals surface area (Å²) in [6.45, 7) is 2.08. The van der Waals surface area contributed by atoms with Gasteiger partial charge in [0.2, 0.25) is 0 Å². The molecule has 19 heavy (non-hydrogen) atoms. The molecule has 1 rings (SSSR count). The molecule has 0 unspecified atom stereocenters. The molecule has 1 aromatic carbocycles. The fourth-order valence-electron chi connectivity index (χ4n) is 1.77. The van der Waals surface area contributed by atoms with E-state index in [0.717, 1.165) is 31.4 Å². The smallest absolute Gasteiger partial charge is 0.324 e. The third kappa shape index (κ3) is 5.71. The summed E-state index contributed by atoms with van der Waals surface area (Å²) in [5, 5.41) is 0. The first-order valence-electron chi connectivity index (χ1n) is 5.98. The Balaban J connectivity index is 0.00000324. The highest BCUT2D eigenvalue weighted by molar-refractivity contribution is 9.10. The van der Waals surface area contributed by atoms with E-state index in [-0.39, 0.29) is 18.4 Å². The van der Waals surface area contributed by atoms with E-state index < -0.39 is 11.7 Å². The number of alkyl halides is 3. The van der Waals surface area contributed by atoms with Crippen molar-refractivity contribution in [2.75, 3.05) is 0 Å². The molecule has 0 radical (unpaired) electrons. The molecule has 1 nitrogen and oxygen atoms in total. The van der Waals surface area contributed by atoms with Gasteiger partial charge in [0.1, 0.15) is 0 Å². The van der Waals surface area contributed by atoms with Gasteiger partial charge < -0.3 is 5.73 Å². The van der Waals surface area contributed by atoms with E-state index in [1.54, 1.807) is 0 Å². The zero-order chi connectivity index (χ0) is 13.8. The van der Waals surface area contributed by atoms with Crippen LogP contribution in [0.3, 0.4) is 0 Å². The third-order valence-corrected chi connectivity index (χ3v) is 3.56. The Kier molecular flexibility index (Phi) is 8.01. The summed E-state index contributed by atoms with van der Waals surface area (Å²) in [7, 11) is 0. The van der Waals surface area contributed by atoms with Crippen LogP contribution in [0.4, 0.5) is 13.2 Å². The van der Waals surface area contributed by atoms with Gasteiger partial charge in [-0.3, -0.25) is 0 Å². The Labute approximate surface area is 126 Å². The zero-order valence-electron chi connectivity index (χ0n) is 10.6. The van der Waals surface area contributed by atoms with Gasteiger partial charge in [0.15, 0.2) is 0 Å². The van der Waals surface area contributed by atoms with Crippen molar-refractivity contribution in [2.45, 2.75) is 44.8 Å². The zero-order valence-corrected chi connectivity index (χ0v) is 13.0. The molecular formula is C13H18BrClF3N. The lowest BCUT2D eigenvalue weighted by molar-refractivity contribution is -0.137. The van der Waals surface area contributed by atoms with Crippen LogP contribution >= 0.6 is 28.3 Å². The molecular weight excluding hydrogens is 343 g/mol. The highest BCUT2D eigenvalue weighted by atomic mass is 79.9. The first kappa shape index (κ1) is 18.7. The van der Waals surface area contributed by atoms with Crippen molar-refractivity contribution < 1.29 is 13.2 Å². The number of halogens is 5. The summed E-state index contributed by atoms with van der Waals surface area (Å²) < 4.78 is 38.5. The largest absolute Gasteiger partial charge is 0.416 e. The summed E-state index contributed by atoms with van der Waals surface area (Å²) in [4.78, 5) is 0. The Morgan fingerprint density at radius 1 is 1.26 bits per heavy atom. The minimum Gasteiger partial charge on any atom is -0.324 e. The standard InChI is InChI=1S/C13H17BrF3N.ClH/c1-2-3-4-5-12(18)10-8-9(13(15,16)17)6-7-11(10)14;/h6-8,12H,2-5,18H2,1H3;1H/t12-;/m0./s1. The quantitative estimate of drug-likeness (QED) is 0.692. The molecule has 1 atom stereocenters. The van der Waals surface area contributed by atoms with Gasteiger partial charge in [0.25, 0.3) is 0 Å². The molecule has 110 valence electrons. The van der Waals surface area contributed by atoms with Crippen molar-refractivity contribution in [1.29, 1.82) is 0 Å². The number of nitrogens with two attached hydrogens (primary N) is 1. The number of benzene rings is 1. The maximum Gasteiger partial charge on any atom is 0.416 e. The van der Waals surface area contributed by atoms with Crippen LogP contribution < -0.4 is 5.73 Å². The van der Waals surface area contributed by atoms with Gasteiger partial charge in [-0.25, -0.2) is 0 Å². The lowest BCUT2D eigenvalue weighted by Gasteiger charge is -2.16. The van der Waals surface area contributed by atoms with Crippen LogP contribution in [0, 0.1) is 0 Å². The molecule has 1 aromatic rings. The lowest BCUT2D eigenvalue weighted by Crippen LogP contribution is -2.13. The Morgan fingerprint density at radius 2 is 1.89 bits per heavy atom. The average molecular weight is 361 g/mol. The van der Waals surface area contributed by atoms with Gasteiger partial charge in [-0.2, -0.15) is 13.2 Å². The van der Waals surface area contributed by atoms with Crippen molar-refractivity contribution >= 4 is 28.3 Å². The van der Waals surface area contributed by atoms with Crippen molar-refractivity contribution in [3.63, 3.8) is 0 Å². The molecule has 0 amide bonds. The number of rotatable bonds is 5. The van der Waals surface area contributed by atoms with Gasteiger partial charge in [0, 0.05) is 10.5 Å². The van der Waals surface area contributed by atoms with Crippen LogP contribution in [0.25, 0.3) is 0 Å². The van der Waals surface area contributed by atoms with E-state index in [2.05, 4.69) is 22.9 Å². The lowest BCUT2D eigenvalue weighted by atomic mass is 9.99. The van der Waals surface area contributed by atoms with Crippen LogP contribution in [-0.4, -0.2) is 0 Å². The Hall–Kier alpha value is -0.260. The molecule has 0 aliphatic carbocycles. The van der Waals surface area contributed by atoms with Crippen LogP contribution in [0.5, 0.6) is 0 Å². The fourth-order valence-corrected chi connectivity index (χ4v) is 2.31. The second-order valence-corrected chi connectivity index (χ2v) is 5.19. The van der Waals surface area contributed by atoms with E-state index in [9.17, 15) is 13.2 Å². The van der Waals surface area contributed by atoms with Crippen molar-refractivity contribution in [3.05, 3.63) is 33.8 Å². The maximum atomic E-state index is 12.6. The minimum absolute atomic E-state index is 0. The normalized spacial score (nSPS) is 12.9. The van der Waals surface area contributed by atoms with Crippen molar-refractivity contribution in [3.8, 4) is 0 Å². The topological polar surface area (TPSA) is 26.0 Å². The third-order valence-electron chi connectivity index (χ3n) is 2.84. The first-order chi connectivity index (χ1) is 8.36. The predicted octanol–water partition coefficient (Wildman–Crippen LogP) is 5.47. The minimum atomic E-state index is -4.32. The monoisotopic (exact) mass is 359 g/mol. The van der Waals surface area contributed by atoms with E-state index in [4.69, 9.17) is 5.73 Å². The molecule has 0 bridgehead atoms. The van der Waals surface area contributed by atoms with Crippen LogP contribution in [0.2, 0.25) is 0 Å². The van der Waals surface area contributed by atoms with E-state index in [1.807, 2.05) is 0 Å². The fraction of sp³-hybridized carbons (Fsp3) is 0.538. The van der Waals surface area contributed by atoms with Gasteiger partial charge >= 0.3 is 6.18 Å². The van der Waals surface area contributed by atoms with Crippen molar-refractivity contribution in [2.24, 2.45) is 5.73 Å². The first-order valence-corrected chi connectivity index (χ1v) is 6.77. The summed E-state index contributed by atoms with van der Waals surface area (Å²) in [5.41, 5.74) is 5.83. The van der Waals surface area contributed by atoms with E-state index in [1.165, 1.54) is 6.07 Å². The number of unbranched alkanes of at least 4 members (excludes halogenated alkanes) is 2. The summed E-state index contributed by atoms with van der Waals surface area (Å²) in [5.74, 6) is 0. The summed E-state index contributed by atoms with van der Waals surface area (Å²) in [6, 6.07) is 3.26. The molecule has 0 spiro atoms. The molecule has 0 heterocycles. The summed E-state index contributed by atoms with van der Waals surface area (Å²) in [6.07, 6.45) is -0.576.